The Hall–Kier alpha value is -8.14. The third kappa shape index (κ3) is 7.28. The fraction of sp³-hybridized carbons (Fsp3) is 0.127. The number of hydrogen-bond acceptors (Lipinski definition) is 1. The summed E-state index contributed by atoms with van der Waals surface area (Å²) in [7, 11) is 0. The average molecular weight is 904 g/mol. The summed E-state index contributed by atoms with van der Waals surface area (Å²) < 4.78 is 47.9. The fourth-order valence-electron chi connectivity index (χ4n) is 11.3. The van der Waals surface area contributed by atoms with Crippen LogP contribution in [-0.4, -0.2) is 9.13 Å². The van der Waals surface area contributed by atoms with Gasteiger partial charge in [-0.05, 0) is 189 Å². The van der Waals surface area contributed by atoms with Crippen molar-refractivity contribution in [3.8, 4) is 62.0 Å². The molecule has 0 spiro atoms. The van der Waals surface area contributed by atoms with E-state index in [-0.39, 0.29) is 0 Å². The molecule has 3 nitrogen and oxygen atoms in total. The number of alkyl halides is 3. The van der Waals surface area contributed by atoms with Gasteiger partial charge >= 0.3 is 6.18 Å². The van der Waals surface area contributed by atoms with Crippen molar-refractivity contribution in [2.45, 2.75) is 54.6 Å². The molecule has 0 aliphatic carbocycles. The normalized spacial score (nSPS) is 11.9. The maximum Gasteiger partial charge on any atom is 0.416 e. The summed E-state index contributed by atoms with van der Waals surface area (Å²) in [6.45, 7) is 14.6. The Morgan fingerprint density at radius 2 is 0.826 bits per heavy atom. The van der Waals surface area contributed by atoms with Gasteiger partial charge in [-0.3, -0.25) is 0 Å². The second-order valence-electron chi connectivity index (χ2n) is 18.9. The topological polar surface area (TPSA) is 33.6 Å². The molecule has 11 aromatic rings. The number of benzene rings is 9. The Labute approximate surface area is 400 Å². The van der Waals surface area contributed by atoms with Crippen molar-refractivity contribution in [3.63, 3.8) is 0 Å². The lowest BCUT2D eigenvalue weighted by molar-refractivity contribution is -0.137. The molecule has 0 atom stereocenters. The van der Waals surface area contributed by atoms with Crippen LogP contribution in [-0.2, 0) is 6.18 Å². The van der Waals surface area contributed by atoms with Crippen LogP contribution in [0.25, 0.3) is 99.5 Å². The van der Waals surface area contributed by atoms with E-state index in [0.29, 0.717) is 22.3 Å². The minimum absolute atomic E-state index is 0.454. The molecule has 0 bridgehead atoms. The molecule has 11 rings (SSSR count). The van der Waals surface area contributed by atoms with Gasteiger partial charge in [-0.25, -0.2) is 0 Å². The molecule has 0 fully saturated rings. The van der Waals surface area contributed by atoms with Gasteiger partial charge in [0.25, 0.3) is 0 Å². The average Bonchev–Trinajstić information content (AvgIpc) is 3.82. The maximum atomic E-state index is 14.4. The molecular weight excluding hydrogens is 856 g/mol. The molecule has 0 saturated heterocycles. The molecule has 2 aromatic heterocycles. The van der Waals surface area contributed by atoms with E-state index in [9.17, 15) is 18.4 Å². The van der Waals surface area contributed by atoms with Gasteiger partial charge in [0.05, 0.1) is 50.6 Å². The van der Waals surface area contributed by atoms with Gasteiger partial charge in [-0.15, -0.1) is 0 Å². The molecule has 0 aliphatic heterocycles. The monoisotopic (exact) mass is 903 g/mol. The quantitative estimate of drug-likeness (QED) is 0.164. The lowest BCUT2D eigenvalue weighted by Gasteiger charge is -2.20. The van der Waals surface area contributed by atoms with E-state index < -0.39 is 11.7 Å². The zero-order valence-corrected chi connectivity index (χ0v) is 39.6. The van der Waals surface area contributed by atoms with Gasteiger partial charge in [-0.1, -0.05) is 96.1 Å². The number of para-hydroxylation sites is 2. The van der Waals surface area contributed by atoms with Crippen LogP contribution < -0.4 is 0 Å². The van der Waals surface area contributed by atoms with Crippen LogP contribution in [0.15, 0.2) is 164 Å². The molecule has 0 unspecified atom stereocenters. The largest absolute Gasteiger partial charge is 0.416 e. The van der Waals surface area contributed by atoms with E-state index in [0.717, 1.165) is 77.2 Å². The maximum absolute atomic E-state index is 14.4. The summed E-state index contributed by atoms with van der Waals surface area (Å²) in [6.07, 6.45) is -4.53. The molecular formula is C63H48F3N3. The number of halogens is 3. The standard InChI is InChI=1S/C63H48F3N3/c1-36-24-39(4)61(40(5)25-36)45-18-22-58-52(33-45)49-12-8-10-14-55(49)68(58)57-20-16-43(35-67)30-51(57)54-32-44(47-28-38(3)29-48(31-47)63(64,65)66)17-21-60(54)69-56-15-11-9-13-50(56)53-34-46(19-23-59(53)69)62-41(6)26-37(2)27-42(62)7/h8-34H,1-7H3. The number of nitrogens with zero attached hydrogens (tertiary/aromatic N) is 3. The second kappa shape index (κ2) is 16.3. The highest BCUT2D eigenvalue weighted by Crippen LogP contribution is 2.45. The SMILES string of the molecule is Cc1cc(-c2ccc(-n3c4ccccc4c4cc(-c5c(C)cc(C)cc5C)ccc43)c(-c3cc(C#N)ccc3-n3c4ccccc4c4cc(-c5c(C)cc(C)cc5C)ccc43)c2)cc(C(F)(F)F)c1. The predicted molar refractivity (Wildman–Crippen MR) is 280 cm³/mol. The van der Waals surface area contributed by atoms with Crippen LogP contribution in [0.4, 0.5) is 13.2 Å². The van der Waals surface area contributed by atoms with Crippen molar-refractivity contribution in [3.05, 3.63) is 214 Å². The van der Waals surface area contributed by atoms with Gasteiger partial charge in [0.15, 0.2) is 0 Å². The van der Waals surface area contributed by atoms with Crippen LogP contribution in [0, 0.1) is 59.8 Å². The summed E-state index contributed by atoms with van der Waals surface area (Å²) in [5.41, 5.74) is 20.5. The summed E-state index contributed by atoms with van der Waals surface area (Å²) in [5, 5.41) is 14.9. The molecule has 69 heavy (non-hydrogen) atoms. The van der Waals surface area contributed by atoms with E-state index in [1.165, 1.54) is 56.6 Å². The van der Waals surface area contributed by atoms with Crippen molar-refractivity contribution in [1.29, 1.82) is 5.26 Å². The first-order valence-electron chi connectivity index (χ1n) is 23.3. The molecule has 0 N–H and O–H groups in total. The number of aromatic nitrogens is 2. The van der Waals surface area contributed by atoms with Crippen molar-refractivity contribution in [1.82, 2.24) is 9.13 Å². The minimum Gasteiger partial charge on any atom is -0.309 e. The Balaban J connectivity index is 1.22. The summed E-state index contributed by atoms with van der Waals surface area (Å²) in [4.78, 5) is 0. The molecule has 0 amide bonds. The summed E-state index contributed by atoms with van der Waals surface area (Å²) in [5.74, 6) is 0. The molecule has 0 aliphatic rings. The third-order valence-corrected chi connectivity index (χ3v) is 13.9. The zero-order chi connectivity index (χ0) is 48.0. The Kier molecular flexibility index (Phi) is 10.2. The molecule has 9 aromatic carbocycles. The van der Waals surface area contributed by atoms with Crippen molar-refractivity contribution in [2.24, 2.45) is 0 Å². The molecule has 0 radical (unpaired) electrons. The summed E-state index contributed by atoms with van der Waals surface area (Å²) >= 11 is 0. The molecule has 0 saturated carbocycles. The third-order valence-electron chi connectivity index (χ3n) is 13.9. The second-order valence-corrected chi connectivity index (χ2v) is 18.9. The van der Waals surface area contributed by atoms with Crippen LogP contribution in [0.1, 0.15) is 50.1 Å². The fourth-order valence-corrected chi connectivity index (χ4v) is 11.3. The molecule has 2 heterocycles. The van der Waals surface area contributed by atoms with Crippen molar-refractivity contribution < 1.29 is 13.2 Å². The van der Waals surface area contributed by atoms with Gasteiger partial charge in [0, 0.05) is 32.7 Å². The smallest absolute Gasteiger partial charge is 0.309 e. The van der Waals surface area contributed by atoms with Crippen LogP contribution in [0.3, 0.4) is 0 Å². The van der Waals surface area contributed by atoms with Gasteiger partial charge < -0.3 is 9.13 Å². The van der Waals surface area contributed by atoms with Gasteiger partial charge in [0.2, 0.25) is 0 Å². The Morgan fingerprint density at radius 1 is 0.391 bits per heavy atom. The minimum atomic E-state index is -4.53. The highest BCUT2D eigenvalue weighted by atomic mass is 19.4. The predicted octanol–water partition coefficient (Wildman–Crippen LogP) is 17.6. The van der Waals surface area contributed by atoms with E-state index >= 15 is 0 Å². The van der Waals surface area contributed by atoms with Crippen LogP contribution in [0.2, 0.25) is 0 Å². The van der Waals surface area contributed by atoms with Crippen LogP contribution >= 0.6 is 0 Å². The lowest BCUT2D eigenvalue weighted by atomic mass is 9.92. The van der Waals surface area contributed by atoms with Crippen molar-refractivity contribution >= 4 is 43.6 Å². The highest BCUT2D eigenvalue weighted by molar-refractivity contribution is 6.13. The molecule has 6 heteroatoms. The van der Waals surface area contributed by atoms with Crippen LogP contribution in [0.5, 0.6) is 0 Å². The van der Waals surface area contributed by atoms with Gasteiger partial charge in [-0.2, -0.15) is 18.4 Å². The first-order valence-corrected chi connectivity index (χ1v) is 23.3. The Bertz CT molecular complexity index is 3940. The van der Waals surface area contributed by atoms with E-state index in [1.807, 2.05) is 48.5 Å². The zero-order valence-electron chi connectivity index (χ0n) is 39.6. The van der Waals surface area contributed by atoms with Gasteiger partial charge in [0.1, 0.15) is 0 Å². The number of aryl methyl sites for hydroxylation is 7. The number of hydrogen-bond donors (Lipinski definition) is 0. The number of fused-ring (bicyclic) bond motifs is 6. The van der Waals surface area contributed by atoms with Crippen molar-refractivity contribution in [2.75, 3.05) is 0 Å². The summed E-state index contributed by atoms with van der Waals surface area (Å²) in [6, 6.07) is 57.4. The lowest BCUT2D eigenvalue weighted by Crippen LogP contribution is -2.05. The van der Waals surface area contributed by atoms with E-state index in [1.54, 1.807) is 13.0 Å². The Morgan fingerprint density at radius 3 is 1.32 bits per heavy atom. The number of nitriles is 1. The van der Waals surface area contributed by atoms with E-state index in [4.69, 9.17) is 0 Å². The number of rotatable bonds is 6. The van der Waals surface area contributed by atoms with E-state index in [2.05, 4.69) is 154 Å². The molecule has 336 valence electrons. The highest BCUT2D eigenvalue weighted by Gasteiger charge is 2.31. The first kappa shape index (κ1) is 43.4. The first-order chi connectivity index (χ1) is 33.2.